The Morgan fingerprint density at radius 2 is 1.87 bits per heavy atom. The van der Waals surface area contributed by atoms with E-state index in [9.17, 15) is 9.59 Å². The highest BCUT2D eigenvalue weighted by atomic mass is 16.5. The summed E-state index contributed by atoms with van der Waals surface area (Å²) >= 11 is 0. The van der Waals surface area contributed by atoms with E-state index in [0.29, 0.717) is 13.1 Å². The normalized spacial score (nSPS) is 17.1. The molecular weight excluding hydrogens is 382 g/mol. The summed E-state index contributed by atoms with van der Waals surface area (Å²) in [6.45, 7) is 9.02. The Kier molecular flexibility index (Phi) is 6.54. The number of carbonyl (C=O) groups is 2. The molecule has 2 unspecified atom stereocenters. The summed E-state index contributed by atoms with van der Waals surface area (Å²) in [5.74, 6) is 2.31. The van der Waals surface area contributed by atoms with E-state index in [1.807, 2.05) is 31.2 Å². The maximum atomic E-state index is 13.0. The molecule has 1 N–H and O–H groups in total. The van der Waals surface area contributed by atoms with Gasteiger partial charge in [-0.05, 0) is 37.6 Å². The Bertz CT molecular complexity index is 933. The minimum atomic E-state index is -0.639. The molecule has 0 fully saturated rings. The van der Waals surface area contributed by atoms with Crippen molar-refractivity contribution in [3.63, 3.8) is 0 Å². The molecule has 0 aliphatic carbocycles. The minimum Gasteiger partial charge on any atom is -0.497 e. The van der Waals surface area contributed by atoms with Crippen molar-refractivity contribution in [1.82, 2.24) is 25.0 Å². The van der Waals surface area contributed by atoms with Crippen molar-refractivity contribution in [3.05, 3.63) is 47.6 Å². The summed E-state index contributed by atoms with van der Waals surface area (Å²) in [7, 11) is 1.60. The molecule has 2 amide bonds. The third kappa shape index (κ3) is 4.53. The van der Waals surface area contributed by atoms with Crippen molar-refractivity contribution in [2.24, 2.45) is 0 Å². The van der Waals surface area contributed by atoms with Crippen molar-refractivity contribution < 1.29 is 14.3 Å². The second kappa shape index (κ2) is 9.11. The van der Waals surface area contributed by atoms with Crippen molar-refractivity contribution in [3.8, 4) is 5.75 Å². The Hall–Kier alpha value is -3.16. The number of hydrogen-bond donors (Lipinski definition) is 1. The van der Waals surface area contributed by atoms with E-state index in [0.717, 1.165) is 23.0 Å². The van der Waals surface area contributed by atoms with Crippen molar-refractivity contribution in [1.29, 1.82) is 0 Å². The van der Waals surface area contributed by atoms with Crippen LogP contribution in [0.5, 0.6) is 5.75 Å². The van der Waals surface area contributed by atoms with Gasteiger partial charge in [-0.15, -0.1) is 10.2 Å². The van der Waals surface area contributed by atoms with Crippen LogP contribution in [-0.2, 0) is 16.1 Å². The SMILES string of the molecule is COc1ccc(C=CC(=O)NC(C)C(=O)N2CCn3c(C(C)C)nnc3C2C)cc1. The van der Waals surface area contributed by atoms with Crippen molar-refractivity contribution >= 4 is 17.9 Å². The average molecular weight is 412 g/mol. The molecule has 1 aliphatic heterocycles. The molecule has 0 spiro atoms. The standard InChI is InChI=1S/C22H29N5O3/c1-14(2)20-24-25-21-16(4)26(12-13-27(20)21)22(29)15(3)23-19(28)11-8-17-6-9-18(30-5)10-7-17/h6-11,14-16H,12-13H2,1-5H3,(H,23,28). The van der Waals surface area contributed by atoms with Crippen LogP contribution in [0.4, 0.5) is 0 Å². The summed E-state index contributed by atoms with van der Waals surface area (Å²) in [6.07, 6.45) is 3.13. The van der Waals surface area contributed by atoms with Gasteiger partial charge in [0.1, 0.15) is 17.6 Å². The number of nitrogens with one attached hydrogen (secondary N) is 1. The number of nitrogens with zero attached hydrogens (tertiary/aromatic N) is 4. The number of amides is 2. The first-order valence-electron chi connectivity index (χ1n) is 10.2. The molecule has 0 saturated heterocycles. The van der Waals surface area contributed by atoms with E-state index in [1.54, 1.807) is 25.0 Å². The van der Waals surface area contributed by atoms with Gasteiger partial charge in [-0.25, -0.2) is 0 Å². The lowest BCUT2D eigenvalue weighted by molar-refractivity contribution is -0.138. The molecule has 1 aromatic carbocycles. The van der Waals surface area contributed by atoms with Gasteiger partial charge in [0.25, 0.3) is 0 Å². The summed E-state index contributed by atoms with van der Waals surface area (Å²) in [6, 6.07) is 6.53. The first kappa shape index (κ1) is 21.5. The van der Waals surface area contributed by atoms with Crippen LogP contribution in [0.15, 0.2) is 30.3 Å². The van der Waals surface area contributed by atoms with Gasteiger partial charge in [-0.2, -0.15) is 0 Å². The third-order valence-electron chi connectivity index (χ3n) is 5.29. The summed E-state index contributed by atoms with van der Waals surface area (Å²) in [5.41, 5.74) is 0.870. The molecule has 1 aliphatic rings. The number of aromatic nitrogens is 3. The molecule has 30 heavy (non-hydrogen) atoms. The number of fused-ring (bicyclic) bond motifs is 1. The zero-order valence-corrected chi connectivity index (χ0v) is 18.1. The lowest BCUT2D eigenvalue weighted by atomic mass is 10.1. The van der Waals surface area contributed by atoms with Crippen LogP contribution >= 0.6 is 0 Å². The van der Waals surface area contributed by atoms with Gasteiger partial charge in [0.2, 0.25) is 11.8 Å². The van der Waals surface area contributed by atoms with Gasteiger partial charge in [0, 0.05) is 25.1 Å². The largest absolute Gasteiger partial charge is 0.497 e. The third-order valence-corrected chi connectivity index (χ3v) is 5.29. The van der Waals surface area contributed by atoms with Crippen LogP contribution in [0.25, 0.3) is 6.08 Å². The van der Waals surface area contributed by atoms with E-state index in [2.05, 4.69) is 33.9 Å². The first-order valence-corrected chi connectivity index (χ1v) is 10.2. The first-order chi connectivity index (χ1) is 14.3. The Morgan fingerprint density at radius 3 is 2.50 bits per heavy atom. The summed E-state index contributed by atoms with van der Waals surface area (Å²) in [4.78, 5) is 27.0. The average Bonchev–Trinajstić information content (AvgIpc) is 3.18. The molecule has 0 radical (unpaired) electrons. The molecule has 2 atom stereocenters. The highest BCUT2D eigenvalue weighted by Gasteiger charge is 2.33. The van der Waals surface area contributed by atoms with E-state index >= 15 is 0 Å². The lowest BCUT2D eigenvalue weighted by Gasteiger charge is -2.35. The van der Waals surface area contributed by atoms with E-state index in [1.165, 1.54) is 6.08 Å². The molecule has 2 heterocycles. The molecular formula is C22H29N5O3. The number of ether oxygens (including phenoxy) is 1. The maximum absolute atomic E-state index is 13.0. The van der Waals surface area contributed by atoms with Crippen LogP contribution in [0.1, 0.15) is 56.9 Å². The molecule has 0 saturated carbocycles. The number of benzene rings is 1. The Balaban J connectivity index is 1.60. The van der Waals surface area contributed by atoms with Crippen LogP contribution in [0.2, 0.25) is 0 Å². The fraction of sp³-hybridized carbons (Fsp3) is 0.455. The summed E-state index contributed by atoms with van der Waals surface area (Å²) in [5, 5.41) is 11.3. The topological polar surface area (TPSA) is 89.4 Å². The monoisotopic (exact) mass is 411 g/mol. The van der Waals surface area contributed by atoms with Crippen molar-refractivity contribution in [2.45, 2.75) is 52.2 Å². The quantitative estimate of drug-likeness (QED) is 0.738. The van der Waals surface area contributed by atoms with Gasteiger partial charge in [0.15, 0.2) is 5.82 Å². The highest BCUT2D eigenvalue weighted by molar-refractivity contribution is 5.95. The number of carbonyl (C=O) groups excluding carboxylic acids is 2. The Labute approximate surface area is 176 Å². The second-order valence-corrected chi connectivity index (χ2v) is 7.77. The molecule has 2 aromatic rings. The van der Waals surface area contributed by atoms with Gasteiger partial charge in [-0.1, -0.05) is 26.0 Å². The molecule has 160 valence electrons. The van der Waals surface area contributed by atoms with Crippen LogP contribution in [0, 0.1) is 0 Å². The summed E-state index contributed by atoms with van der Waals surface area (Å²) < 4.78 is 7.22. The molecule has 8 heteroatoms. The molecule has 8 nitrogen and oxygen atoms in total. The zero-order chi connectivity index (χ0) is 21.8. The fourth-order valence-corrected chi connectivity index (χ4v) is 3.59. The van der Waals surface area contributed by atoms with Gasteiger partial charge < -0.3 is 19.5 Å². The molecule has 3 rings (SSSR count). The van der Waals surface area contributed by atoms with E-state index in [-0.39, 0.29) is 23.8 Å². The number of methoxy groups -OCH3 is 1. The van der Waals surface area contributed by atoms with Crippen LogP contribution in [0.3, 0.4) is 0 Å². The Morgan fingerprint density at radius 1 is 1.17 bits per heavy atom. The fourth-order valence-electron chi connectivity index (χ4n) is 3.59. The van der Waals surface area contributed by atoms with E-state index < -0.39 is 6.04 Å². The molecule has 1 aromatic heterocycles. The number of hydrogen-bond acceptors (Lipinski definition) is 5. The highest BCUT2D eigenvalue weighted by Crippen LogP contribution is 2.27. The predicted molar refractivity (Wildman–Crippen MR) is 114 cm³/mol. The lowest BCUT2D eigenvalue weighted by Crippen LogP contribution is -2.50. The minimum absolute atomic E-state index is 0.131. The maximum Gasteiger partial charge on any atom is 0.245 e. The van der Waals surface area contributed by atoms with Crippen LogP contribution in [-0.4, -0.2) is 51.2 Å². The molecule has 0 bridgehead atoms. The van der Waals surface area contributed by atoms with Crippen molar-refractivity contribution in [2.75, 3.05) is 13.7 Å². The second-order valence-electron chi connectivity index (χ2n) is 7.77. The van der Waals surface area contributed by atoms with Gasteiger partial charge >= 0.3 is 0 Å². The predicted octanol–water partition coefficient (Wildman–Crippen LogP) is 2.53. The van der Waals surface area contributed by atoms with Gasteiger partial charge in [-0.3, -0.25) is 9.59 Å². The smallest absolute Gasteiger partial charge is 0.245 e. The van der Waals surface area contributed by atoms with E-state index in [4.69, 9.17) is 4.74 Å². The zero-order valence-electron chi connectivity index (χ0n) is 18.1. The van der Waals surface area contributed by atoms with Gasteiger partial charge in [0.05, 0.1) is 13.2 Å². The number of rotatable bonds is 6. The van der Waals surface area contributed by atoms with Crippen LogP contribution < -0.4 is 10.1 Å².